The minimum absolute atomic E-state index is 0.189. The van der Waals surface area contributed by atoms with E-state index in [1.165, 1.54) is 48.9 Å². The molecule has 2 unspecified atom stereocenters. The van der Waals surface area contributed by atoms with Gasteiger partial charge in [0.15, 0.2) is 0 Å². The molecular weight excluding hydrogens is 1050 g/mol. The zero-order valence-corrected chi connectivity index (χ0v) is 59.4. The highest BCUT2D eigenvalue weighted by Crippen LogP contribution is 2.37. The third-order valence-electron chi connectivity index (χ3n) is 13.3. The molecule has 1 aliphatic carbocycles. The lowest BCUT2D eigenvalue weighted by atomic mass is 9.75. The van der Waals surface area contributed by atoms with Crippen molar-refractivity contribution in [2.75, 3.05) is 13.6 Å². The highest BCUT2D eigenvalue weighted by molar-refractivity contribution is 6.04. The van der Waals surface area contributed by atoms with E-state index >= 15 is 0 Å². The molecule has 16 heteroatoms. The molecule has 5 rings (SSSR count). The maximum atomic E-state index is 5.27. The Kier molecular flexibility index (Phi) is 43.4. The molecule has 2 aliphatic rings. The fraction of sp³-hybridized carbons (Fsp3) is 0.765. The summed E-state index contributed by atoms with van der Waals surface area (Å²) in [6, 6.07) is 11.8. The van der Waals surface area contributed by atoms with Crippen molar-refractivity contribution in [3.8, 4) is 0 Å². The average molecular weight is 1180 g/mol. The summed E-state index contributed by atoms with van der Waals surface area (Å²) in [5.74, 6) is 4.32. The summed E-state index contributed by atoms with van der Waals surface area (Å²) in [6.07, 6.45) is 17.2. The van der Waals surface area contributed by atoms with Crippen LogP contribution in [0.1, 0.15) is 285 Å². The van der Waals surface area contributed by atoms with Gasteiger partial charge in [-0.05, 0) is 197 Å². The first-order chi connectivity index (χ1) is 39.1. The number of hydrogen-bond donors (Lipinski definition) is 3. The normalized spacial score (nSPS) is 15.7. The molecule has 0 spiro atoms. The summed E-state index contributed by atoms with van der Waals surface area (Å²) in [6.45, 7) is 61.8. The lowest BCUT2D eigenvalue weighted by molar-refractivity contribution is -0.571. The van der Waals surface area contributed by atoms with Gasteiger partial charge in [0.25, 0.3) is 0 Å². The van der Waals surface area contributed by atoms with Crippen molar-refractivity contribution in [3.63, 3.8) is 0 Å². The lowest BCUT2D eigenvalue weighted by Crippen LogP contribution is -2.74. The summed E-state index contributed by atoms with van der Waals surface area (Å²) in [5.41, 5.74) is 11.9. The molecule has 3 N–H and O–H groups in total. The van der Waals surface area contributed by atoms with E-state index in [0.717, 1.165) is 35.5 Å². The number of aliphatic imine (C=N–C) groups is 1. The number of dihydropyridines is 1. The Balaban J connectivity index is 0. The fourth-order valence-electron chi connectivity index (χ4n) is 7.22. The molecule has 1 aromatic carbocycles. The van der Waals surface area contributed by atoms with E-state index in [-0.39, 0.29) is 18.3 Å². The van der Waals surface area contributed by atoms with Crippen LogP contribution in [0.5, 0.6) is 0 Å². The number of allylic oxidation sites excluding steroid dienone is 1. The molecule has 0 bridgehead atoms. The minimum Gasteiger partial charge on any atom is -0.448 e. The summed E-state index contributed by atoms with van der Waals surface area (Å²) < 4.78 is 16.2. The van der Waals surface area contributed by atoms with Crippen molar-refractivity contribution in [2.45, 2.75) is 305 Å². The van der Waals surface area contributed by atoms with Gasteiger partial charge in [-0.1, -0.05) is 134 Å². The summed E-state index contributed by atoms with van der Waals surface area (Å²) in [4.78, 5) is 13.0. The molecule has 16 nitrogen and oxygen atoms in total. The number of ether oxygens (including phenoxy) is 2. The monoisotopic (exact) mass is 1180 g/mol. The Morgan fingerprint density at radius 1 is 0.655 bits per heavy atom. The van der Waals surface area contributed by atoms with Gasteiger partial charge in [-0.3, -0.25) is 4.99 Å². The molecule has 2 aromatic heterocycles. The van der Waals surface area contributed by atoms with Crippen LogP contribution in [-0.4, -0.2) is 115 Å². The van der Waals surface area contributed by atoms with E-state index < -0.39 is 0 Å². The molecule has 3 heterocycles. The standard InChI is InChI=1S/C23H33N.2C8H15N3.C8H18NO.C8H17NO.C7H15NO.C6H15N3/c1-16(2)18-6-5-7-22-20(11-8-18)14-15-24-23(22)21-12-9-19(10-13-21)17(3)4;2*1-6(2)8-5-11(7(3)4)10-9-8;1-7(2)9(5)6-10-8(3)4;1-6(2)8(5)9-10-7(3)4;1-6(2)8-5-9-7(3)4;1-5(2)7-9-8-6(3)4/h9-10,12-14,16-18,22H,5-8,11,15H2,1-4H3;2*5-7H,1-4H3;6-8H,1-5H3;6-7H,1-5H3;5-7H,1-4H3;5-6H,1-4H3,(H,7,8)/q;;;+1;;;/p+2/b;;;;9-8+;;. The maximum Gasteiger partial charge on any atom is 0.323 e. The fourth-order valence-corrected chi connectivity index (χ4v) is 7.22. The average Bonchev–Trinajstić information content (AvgIpc) is 4.02. The second kappa shape index (κ2) is 45.1. The highest BCUT2D eigenvalue weighted by Gasteiger charge is 2.28. The van der Waals surface area contributed by atoms with Gasteiger partial charge in [-0.2, -0.15) is 10.5 Å². The highest BCUT2D eigenvalue weighted by atomic mass is 16.6. The van der Waals surface area contributed by atoms with E-state index in [2.05, 4.69) is 202 Å². The van der Waals surface area contributed by atoms with Gasteiger partial charge in [0.2, 0.25) is 0 Å². The Bertz CT molecular complexity index is 2140. The summed E-state index contributed by atoms with van der Waals surface area (Å²) in [5, 5.41) is 26.8. The molecule has 84 heavy (non-hydrogen) atoms. The zero-order chi connectivity index (χ0) is 64.8. The molecule has 3 aromatic rings. The first-order valence-electron chi connectivity index (χ1n) is 32.1. The van der Waals surface area contributed by atoms with Gasteiger partial charge in [0.05, 0.1) is 41.1 Å². The van der Waals surface area contributed by atoms with Crippen LogP contribution in [0, 0.1) is 23.7 Å². The first kappa shape index (κ1) is 80.8. The molecule has 2 atom stereocenters. The molecule has 0 amide bonds. The number of hydrogen-bond acceptors (Lipinski definition) is 10. The number of nitrogens with one attached hydrogen (secondary N) is 3. The maximum absolute atomic E-state index is 5.27. The second-order valence-electron chi connectivity index (χ2n) is 26.4. The number of aromatic nitrogens is 6. The third kappa shape index (κ3) is 39.4. The largest absolute Gasteiger partial charge is 0.448 e. The van der Waals surface area contributed by atoms with Crippen molar-refractivity contribution < 1.29 is 29.0 Å². The number of oxime groups is 1. The van der Waals surface area contributed by atoms with Crippen LogP contribution < -0.4 is 15.5 Å². The van der Waals surface area contributed by atoms with Gasteiger partial charge < -0.3 is 14.3 Å². The lowest BCUT2D eigenvalue weighted by Gasteiger charge is -2.32. The van der Waals surface area contributed by atoms with Crippen LogP contribution in [0.15, 0.2) is 63.7 Å². The van der Waals surface area contributed by atoms with Crippen LogP contribution >= 0.6 is 0 Å². The van der Waals surface area contributed by atoms with Gasteiger partial charge in [-0.15, -0.1) is 10.2 Å². The van der Waals surface area contributed by atoms with Crippen molar-refractivity contribution in [1.29, 1.82) is 0 Å². The Hall–Kier alpha value is -5.28. The zero-order valence-electron chi connectivity index (χ0n) is 59.4. The minimum atomic E-state index is 0.189. The van der Waals surface area contributed by atoms with Gasteiger partial charge in [-0.25, -0.2) is 18.9 Å². The quantitative estimate of drug-likeness (QED) is 0.0266. The Morgan fingerprint density at radius 3 is 1.55 bits per heavy atom. The smallest absolute Gasteiger partial charge is 0.323 e. The molecular formula is C68H130N13O3+3. The summed E-state index contributed by atoms with van der Waals surface area (Å²) in [7, 11) is 2.01. The van der Waals surface area contributed by atoms with Gasteiger partial charge >= 0.3 is 12.8 Å². The van der Waals surface area contributed by atoms with Crippen molar-refractivity contribution in [2.24, 2.45) is 39.0 Å². The predicted molar refractivity (Wildman–Crippen MR) is 357 cm³/mol. The van der Waals surface area contributed by atoms with Gasteiger partial charge in [0.1, 0.15) is 37.3 Å². The van der Waals surface area contributed by atoms with E-state index in [1.807, 2.05) is 110 Å². The molecule has 0 saturated heterocycles. The topological polar surface area (TPSA) is 169 Å². The third-order valence-corrected chi connectivity index (χ3v) is 13.3. The number of nitrogens with zero attached hydrogens (tertiary/aromatic N) is 10. The summed E-state index contributed by atoms with van der Waals surface area (Å²) >= 11 is 0. The van der Waals surface area contributed by atoms with Crippen LogP contribution in [0.2, 0.25) is 0 Å². The first-order valence-corrected chi connectivity index (χ1v) is 32.1. The number of fused-ring (bicyclic) bond motifs is 1. The number of benzene rings is 1. The van der Waals surface area contributed by atoms with Crippen molar-refractivity contribution >= 4 is 24.2 Å². The van der Waals surface area contributed by atoms with Gasteiger partial charge in [0, 0.05) is 36.1 Å². The van der Waals surface area contributed by atoms with Crippen molar-refractivity contribution in [1.82, 2.24) is 35.4 Å². The van der Waals surface area contributed by atoms with E-state index in [0.29, 0.717) is 65.8 Å². The second-order valence-corrected chi connectivity index (χ2v) is 26.4. The van der Waals surface area contributed by atoms with Crippen molar-refractivity contribution in [3.05, 3.63) is 70.8 Å². The predicted octanol–water partition coefficient (Wildman–Crippen LogP) is 14.1. The molecule has 1 aliphatic heterocycles. The number of rotatable bonds is 19. The SMILES string of the molecule is C/C(=N\OC(C)C)C(C)C.CC(C)NN=[NH+]C(C)C.CC(C)OC=[N+](C)C(C)C.CC(C)[NH+]=COC(C)C.CC(C)c1ccc(C2=NCC=C3CCC(C(C)C)CCCC32)cc1.CC(C)c1cn(C(C)C)nn1.CC(C)c1cn(C(C)C)nn1. The van der Waals surface area contributed by atoms with Crippen LogP contribution in [0.3, 0.4) is 0 Å². The Morgan fingerprint density at radius 2 is 1.18 bits per heavy atom. The molecule has 482 valence electrons. The van der Waals surface area contributed by atoms with E-state index in [4.69, 9.17) is 19.3 Å². The molecule has 1 saturated carbocycles. The van der Waals surface area contributed by atoms with Crippen LogP contribution in [-0.2, 0) is 14.3 Å². The molecule has 1 fully saturated rings. The Labute approximate surface area is 515 Å². The van der Waals surface area contributed by atoms with Crippen LogP contribution in [0.4, 0.5) is 0 Å². The molecule has 0 radical (unpaired) electrons. The van der Waals surface area contributed by atoms with E-state index in [1.54, 1.807) is 18.4 Å². The van der Waals surface area contributed by atoms with E-state index in [9.17, 15) is 0 Å². The van der Waals surface area contributed by atoms with Crippen LogP contribution in [0.25, 0.3) is 0 Å².